The second-order valence-electron chi connectivity index (χ2n) is 18.3. The Kier molecular flexibility index (Phi) is 9.37. The molecular weight excluding hydrogens is 861 g/mol. The van der Waals surface area contributed by atoms with Gasteiger partial charge in [0.25, 0.3) is 0 Å². The van der Waals surface area contributed by atoms with Crippen molar-refractivity contribution in [2.24, 2.45) is 0 Å². The molecule has 0 aliphatic heterocycles. The molecule has 0 spiro atoms. The van der Waals surface area contributed by atoms with Crippen molar-refractivity contribution in [2.75, 3.05) is 4.90 Å². The maximum atomic E-state index is 17.0. The first kappa shape index (κ1) is 41.3. The molecule has 0 fully saturated rings. The first-order valence-corrected chi connectivity index (χ1v) is 23.6. The molecule has 0 saturated carbocycles. The Morgan fingerprint density at radius 2 is 0.814 bits per heavy atom. The number of hydrogen-bond acceptors (Lipinski definition) is 2. The lowest BCUT2D eigenvalue weighted by molar-refractivity contribution is 0.584. The highest BCUT2D eigenvalue weighted by atomic mass is 19.1. The van der Waals surface area contributed by atoms with Crippen LogP contribution >= 0.6 is 0 Å². The van der Waals surface area contributed by atoms with Gasteiger partial charge in [-0.1, -0.05) is 201 Å². The van der Waals surface area contributed by atoms with Crippen LogP contribution in [0.15, 0.2) is 242 Å². The lowest BCUT2D eigenvalue weighted by Gasteiger charge is -2.36. The maximum Gasteiger partial charge on any atom is 0.159 e. The fourth-order valence-corrected chi connectivity index (χ4v) is 11.9. The van der Waals surface area contributed by atoms with Crippen LogP contribution in [0.25, 0.3) is 56.3 Å². The van der Waals surface area contributed by atoms with Crippen molar-refractivity contribution in [3.8, 4) is 22.3 Å². The average Bonchev–Trinajstić information content (AvgIpc) is 4.04. The fraction of sp³-hybridized carbons (Fsp3) is 0.0303. The quantitative estimate of drug-likeness (QED) is 0.143. The molecule has 2 unspecified atom stereocenters. The second kappa shape index (κ2) is 15.9. The number of benzene rings is 10. The van der Waals surface area contributed by atoms with Crippen LogP contribution in [-0.2, 0) is 10.8 Å². The molecule has 0 amide bonds. The molecule has 4 heteroatoms. The Bertz CT molecular complexity index is 3720. The van der Waals surface area contributed by atoms with Crippen molar-refractivity contribution in [3.63, 3.8) is 0 Å². The van der Waals surface area contributed by atoms with Gasteiger partial charge < -0.3 is 9.32 Å². The van der Waals surface area contributed by atoms with Crippen LogP contribution in [0.5, 0.6) is 0 Å². The molecule has 10 aromatic carbocycles. The van der Waals surface area contributed by atoms with Crippen molar-refractivity contribution in [3.05, 3.63) is 305 Å². The summed E-state index contributed by atoms with van der Waals surface area (Å²) in [6.45, 7) is 8.07. The van der Waals surface area contributed by atoms with Gasteiger partial charge in [0.1, 0.15) is 17.2 Å². The van der Waals surface area contributed by atoms with Gasteiger partial charge in [-0.05, 0) is 115 Å². The van der Waals surface area contributed by atoms with E-state index in [2.05, 4.69) is 164 Å². The minimum Gasteiger partial charge on any atom is -0.454 e. The Hall–Kier alpha value is -8.86. The van der Waals surface area contributed by atoms with Gasteiger partial charge in [-0.3, -0.25) is 0 Å². The molecule has 2 aliphatic rings. The standard InChI is InChI=1S/C66H43F2NO/c1-3-42-28-32-44(33-29-42)65(56-22-10-12-24-60(56)67)54-20-8-5-16-48(54)50-38-36-46(40-58(50)65)69(62-26-15-19-53-52-18-7-14-27-63(52)70-64(53)62)47-37-39-51-49-17-6-9-21-55(49)66(59(51)41-47,57-23-11-13-25-61(57)68)45-34-30-43(4-2)31-35-45/h3-41H,1-2H2. The number of rotatable bonds is 9. The third-order valence-corrected chi connectivity index (χ3v) is 14.9. The van der Waals surface area contributed by atoms with Crippen molar-refractivity contribution in [1.82, 2.24) is 0 Å². The Balaban J connectivity index is 1.13. The zero-order valence-corrected chi connectivity index (χ0v) is 38.0. The van der Waals surface area contributed by atoms with Crippen molar-refractivity contribution in [1.29, 1.82) is 0 Å². The number of nitrogens with zero attached hydrogens (tertiary/aromatic N) is 1. The summed E-state index contributed by atoms with van der Waals surface area (Å²) < 4.78 is 40.8. The third kappa shape index (κ3) is 5.77. The average molecular weight is 904 g/mol. The largest absolute Gasteiger partial charge is 0.454 e. The zero-order chi connectivity index (χ0) is 47.1. The summed E-state index contributed by atoms with van der Waals surface area (Å²) in [5, 5.41) is 1.99. The topological polar surface area (TPSA) is 16.4 Å². The molecule has 2 nitrogen and oxygen atoms in total. The Morgan fingerprint density at radius 1 is 0.386 bits per heavy atom. The van der Waals surface area contributed by atoms with Crippen LogP contribution in [0.3, 0.4) is 0 Å². The summed E-state index contributed by atoms with van der Waals surface area (Å²) in [7, 11) is 0. The van der Waals surface area contributed by atoms with Gasteiger partial charge in [-0.2, -0.15) is 0 Å². The molecule has 332 valence electrons. The number of furan rings is 1. The molecule has 0 bridgehead atoms. The maximum absolute atomic E-state index is 17.0. The van der Waals surface area contributed by atoms with Crippen LogP contribution in [0.4, 0.5) is 25.8 Å². The minimum absolute atomic E-state index is 0.295. The van der Waals surface area contributed by atoms with Gasteiger partial charge in [-0.25, -0.2) is 8.78 Å². The van der Waals surface area contributed by atoms with Crippen molar-refractivity contribution in [2.45, 2.75) is 10.8 Å². The molecule has 11 aromatic rings. The number of fused-ring (bicyclic) bond motifs is 9. The highest BCUT2D eigenvalue weighted by molar-refractivity contribution is 6.10. The lowest BCUT2D eigenvalue weighted by Crippen LogP contribution is -2.30. The number of halogens is 2. The first-order valence-electron chi connectivity index (χ1n) is 23.6. The van der Waals surface area contributed by atoms with Crippen LogP contribution < -0.4 is 4.90 Å². The third-order valence-electron chi connectivity index (χ3n) is 14.9. The predicted octanol–water partition coefficient (Wildman–Crippen LogP) is 17.3. The van der Waals surface area contributed by atoms with Crippen molar-refractivity contribution >= 4 is 51.2 Å². The molecule has 13 rings (SSSR count). The van der Waals surface area contributed by atoms with E-state index in [0.29, 0.717) is 11.1 Å². The molecule has 1 heterocycles. The van der Waals surface area contributed by atoms with Crippen LogP contribution in [-0.4, -0.2) is 0 Å². The van der Waals surface area contributed by atoms with Gasteiger partial charge in [-0.15, -0.1) is 0 Å². The van der Waals surface area contributed by atoms with E-state index in [-0.39, 0.29) is 11.6 Å². The van der Waals surface area contributed by atoms with Crippen LogP contribution in [0.2, 0.25) is 0 Å². The summed E-state index contributed by atoms with van der Waals surface area (Å²) in [5.74, 6) is -0.591. The van der Waals surface area contributed by atoms with E-state index in [9.17, 15) is 0 Å². The van der Waals surface area contributed by atoms with Gasteiger partial charge >= 0.3 is 0 Å². The smallest absolute Gasteiger partial charge is 0.159 e. The van der Waals surface area contributed by atoms with Crippen LogP contribution in [0, 0.1) is 11.6 Å². The molecular formula is C66H43F2NO. The van der Waals surface area contributed by atoms with Gasteiger partial charge in [0, 0.05) is 33.3 Å². The van der Waals surface area contributed by atoms with E-state index in [1.54, 1.807) is 24.3 Å². The number of hydrogen-bond donors (Lipinski definition) is 0. The fourth-order valence-electron chi connectivity index (χ4n) is 11.9. The van der Waals surface area contributed by atoms with Crippen LogP contribution in [0.1, 0.15) is 55.6 Å². The SMILES string of the molecule is C=Cc1ccc(C2(c3ccccc3F)c3ccccc3-c3ccc(N(c4ccc5c(c4)C(c4ccc(C=C)cc4)(c4ccccc4F)c4ccccc4-5)c4cccc5c4oc4ccccc45)cc32)cc1. The first-order chi connectivity index (χ1) is 34.4. The molecule has 2 aliphatic carbocycles. The summed E-state index contributed by atoms with van der Waals surface area (Å²) in [4.78, 5) is 2.26. The van der Waals surface area contributed by atoms with E-state index in [4.69, 9.17) is 4.42 Å². The Labute approximate surface area is 405 Å². The van der Waals surface area contributed by atoms with Gasteiger partial charge in [0.05, 0.1) is 16.5 Å². The summed E-state index contributed by atoms with van der Waals surface area (Å²) in [5.41, 5.74) is 14.8. The zero-order valence-electron chi connectivity index (χ0n) is 38.0. The normalized spacial score (nSPS) is 16.4. The van der Waals surface area contributed by atoms with Crippen molar-refractivity contribution < 1.29 is 13.2 Å². The molecule has 0 saturated heterocycles. The minimum atomic E-state index is -1.04. The van der Waals surface area contributed by atoms with E-state index < -0.39 is 10.8 Å². The summed E-state index contributed by atoms with van der Waals surface area (Å²) >= 11 is 0. The molecule has 0 N–H and O–H groups in total. The van der Waals surface area contributed by atoms with Gasteiger partial charge in [0.2, 0.25) is 0 Å². The second-order valence-corrected chi connectivity index (χ2v) is 18.3. The highest BCUT2D eigenvalue weighted by Crippen LogP contribution is 2.60. The summed E-state index contributed by atoms with van der Waals surface area (Å²) in [6, 6.07) is 75.3. The molecule has 0 radical (unpaired) electrons. The molecule has 70 heavy (non-hydrogen) atoms. The number of para-hydroxylation sites is 2. The van der Waals surface area contributed by atoms with E-state index in [1.165, 1.54) is 0 Å². The highest BCUT2D eigenvalue weighted by Gasteiger charge is 2.49. The monoisotopic (exact) mass is 903 g/mol. The number of anilines is 3. The van der Waals surface area contributed by atoms with E-state index >= 15 is 8.78 Å². The lowest BCUT2D eigenvalue weighted by atomic mass is 9.67. The van der Waals surface area contributed by atoms with Gasteiger partial charge in [0.15, 0.2) is 5.58 Å². The predicted molar refractivity (Wildman–Crippen MR) is 283 cm³/mol. The summed E-state index contributed by atoms with van der Waals surface area (Å²) in [6.07, 6.45) is 3.66. The molecule has 1 aromatic heterocycles. The Morgan fingerprint density at radius 3 is 1.31 bits per heavy atom. The van der Waals surface area contributed by atoms with E-state index in [1.807, 2.05) is 66.7 Å². The van der Waals surface area contributed by atoms with E-state index in [0.717, 1.165) is 106 Å². The molecule has 2 atom stereocenters.